The van der Waals surface area contributed by atoms with E-state index in [1.54, 1.807) is 22.6 Å². The van der Waals surface area contributed by atoms with Crippen LogP contribution in [0.2, 0.25) is 0 Å². The normalized spacial score (nSPS) is 49.0. The quantitative estimate of drug-likeness (QED) is 0.411. The summed E-state index contributed by atoms with van der Waals surface area (Å²) in [7, 11) is 0. The van der Waals surface area contributed by atoms with Crippen molar-refractivity contribution in [1.29, 1.82) is 0 Å². The molecule has 0 aromatic carbocycles. The molecule has 3 N–H and O–H groups in total. The van der Waals surface area contributed by atoms with E-state index in [-0.39, 0.29) is 15.0 Å². The SMILES string of the molecule is NC12CC(NC(=O)I)(C1)C2. The minimum absolute atomic E-state index is 0.0411. The van der Waals surface area contributed by atoms with Gasteiger partial charge in [-0.15, -0.1) is 0 Å². The molecule has 2 bridgehead atoms. The van der Waals surface area contributed by atoms with E-state index >= 15 is 0 Å². The van der Waals surface area contributed by atoms with Gasteiger partial charge in [0.2, 0.25) is 0 Å². The summed E-state index contributed by atoms with van der Waals surface area (Å²) in [6.45, 7) is 0. The Labute approximate surface area is 72.9 Å². The van der Waals surface area contributed by atoms with Gasteiger partial charge in [-0.1, -0.05) is 0 Å². The van der Waals surface area contributed by atoms with Crippen LogP contribution < -0.4 is 11.1 Å². The number of carbonyl (C=O) groups excluding carboxylic acids is 1. The Morgan fingerprint density at radius 3 is 2.30 bits per heavy atom. The second kappa shape index (κ2) is 1.66. The highest BCUT2D eigenvalue weighted by molar-refractivity contribution is 14.1. The van der Waals surface area contributed by atoms with Crippen LogP contribution in [0, 0.1) is 0 Å². The van der Waals surface area contributed by atoms with Crippen molar-refractivity contribution < 1.29 is 4.79 Å². The van der Waals surface area contributed by atoms with Crippen molar-refractivity contribution >= 4 is 26.5 Å². The first-order valence-electron chi connectivity index (χ1n) is 3.30. The van der Waals surface area contributed by atoms with E-state index in [2.05, 4.69) is 5.32 Å². The molecular formula is C6H9IN2O. The lowest BCUT2D eigenvalue weighted by Crippen LogP contribution is -2.81. The molecule has 3 fully saturated rings. The van der Waals surface area contributed by atoms with Gasteiger partial charge in [-0.2, -0.15) is 0 Å². The Balaban J connectivity index is 1.93. The molecule has 0 heterocycles. The van der Waals surface area contributed by atoms with Gasteiger partial charge in [0.1, 0.15) is 0 Å². The molecular weight excluding hydrogens is 243 g/mol. The second-order valence-corrected chi connectivity index (χ2v) is 4.55. The van der Waals surface area contributed by atoms with Crippen molar-refractivity contribution in [3.8, 4) is 0 Å². The summed E-state index contributed by atoms with van der Waals surface area (Å²) in [4.78, 5) is 10.6. The Kier molecular flexibility index (Phi) is 1.14. The average molecular weight is 252 g/mol. The Morgan fingerprint density at radius 1 is 1.50 bits per heavy atom. The highest BCUT2D eigenvalue weighted by atomic mass is 127. The summed E-state index contributed by atoms with van der Waals surface area (Å²) in [5.74, 6) is 0. The summed E-state index contributed by atoms with van der Waals surface area (Å²) < 4.78 is 0.0411. The molecule has 0 aliphatic heterocycles. The number of nitrogens with two attached hydrogens (primary N) is 1. The molecule has 10 heavy (non-hydrogen) atoms. The van der Waals surface area contributed by atoms with Crippen LogP contribution in [-0.2, 0) is 0 Å². The standard InChI is InChI=1S/C6H9IN2O/c7-4(10)9-6-1-5(8,2-6)3-6/h1-3,8H2,(H,9,10). The van der Waals surface area contributed by atoms with Gasteiger partial charge in [0.25, 0.3) is 3.91 Å². The van der Waals surface area contributed by atoms with E-state index in [9.17, 15) is 4.79 Å². The summed E-state index contributed by atoms with van der Waals surface area (Å²) in [5, 5.41) is 2.91. The van der Waals surface area contributed by atoms with Gasteiger partial charge in [0, 0.05) is 33.7 Å². The lowest BCUT2D eigenvalue weighted by molar-refractivity contribution is -0.0668. The molecule has 4 heteroatoms. The second-order valence-electron chi connectivity index (χ2n) is 3.57. The third-order valence-electron chi connectivity index (χ3n) is 2.43. The molecule has 3 saturated carbocycles. The third-order valence-corrected chi connectivity index (χ3v) is 2.70. The van der Waals surface area contributed by atoms with Gasteiger partial charge >= 0.3 is 0 Å². The Morgan fingerprint density at radius 2 is 2.00 bits per heavy atom. The zero-order valence-corrected chi connectivity index (χ0v) is 7.64. The minimum atomic E-state index is 0.0411. The minimum Gasteiger partial charge on any atom is -0.342 e. The highest BCUT2D eigenvalue weighted by Crippen LogP contribution is 2.58. The summed E-state index contributed by atoms with van der Waals surface area (Å²) >= 11 is 1.76. The van der Waals surface area contributed by atoms with Crippen LogP contribution in [-0.4, -0.2) is 15.0 Å². The van der Waals surface area contributed by atoms with Crippen LogP contribution >= 0.6 is 22.6 Å². The van der Waals surface area contributed by atoms with Crippen molar-refractivity contribution in [1.82, 2.24) is 5.32 Å². The molecule has 3 nitrogen and oxygen atoms in total. The average Bonchev–Trinajstić information content (AvgIpc) is 1.56. The Bertz CT molecular complexity index is 184. The van der Waals surface area contributed by atoms with E-state index in [0.717, 1.165) is 19.3 Å². The van der Waals surface area contributed by atoms with Crippen LogP contribution in [0.1, 0.15) is 19.3 Å². The van der Waals surface area contributed by atoms with Crippen LogP contribution in [0.4, 0.5) is 4.79 Å². The van der Waals surface area contributed by atoms with E-state index in [0.29, 0.717) is 0 Å². The Hall–Kier alpha value is 0.160. The van der Waals surface area contributed by atoms with Crippen LogP contribution in [0.15, 0.2) is 0 Å². The number of rotatable bonds is 1. The number of hydrogen-bond acceptors (Lipinski definition) is 2. The smallest absolute Gasteiger partial charge is 0.281 e. The predicted molar refractivity (Wildman–Crippen MR) is 46.1 cm³/mol. The van der Waals surface area contributed by atoms with E-state index in [4.69, 9.17) is 5.73 Å². The largest absolute Gasteiger partial charge is 0.342 e. The van der Waals surface area contributed by atoms with Gasteiger partial charge in [-0.3, -0.25) is 4.79 Å². The fraction of sp³-hybridized carbons (Fsp3) is 0.833. The molecule has 0 spiro atoms. The van der Waals surface area contributed by atoms with Crippen molar-refractivity contribution in [3.05, 3.63) is 0 Å². The molecule has 0 aromatic heterocycles. The maximum absolute atomic E-state index is 10.6. The zero-order valence-electron chi connectivity index (χ0n) is 5.48. The van der Waals surface area contributed by atoms with Crippen LogP contribution in [0.25, 0.3) is 0 Å². The van der Waals surface area contributed by atoms with Gasteiger partial charge in [0.05, 0.1) is 0 Å². The van der Waals surface area contributed by atoms with Gasteiger partial charge in [0.15, 0.2) is 0 Å². The summed E-state index contributed by atoms with van der Waals surface area (Å²) in [6.07, 6.45) is 2.94. The highest BCUT2D eigenvalue weighted by Gasteiger charge is 2.66. The number of halogens is 1. The van der Waals surface area contributed by atoms with Gasteiger partial charge < -0.3 is 11.1 Å². The van der Waals surface area contributed by atoms with E-state index in [1.807, 2.05) is 0 Å². The van der Waals surface area contributed by atoms with Crippen molar-refractivity contribution in [3.63, 3.8) is 0 Å². The molecule has 3 aliphatic rings. The first kappa shape index (κ1) is 6.84. The molecule has 0 aromatic rings. The number of hydrogen-bond donors (Lipinski definition) is 2. The number of amides is 1. The molecule has 0 saturated heterocycles. The van der Waals surface area contributed by atoms with Crippen LogP contribution in [0.3, 0.4) is 0 Å². The molecule has 1 amide bonds. The predicted octanol–water partition coefficient (Wildman–Crippen LogP) is 0.765. The molecule has 3 rings (SSSR count). The lowest BCUT2D eigenvalue weighted by atomic mass is 9.45. The van der Waals surface area contributed by atoms with Crippen molar-refractivity contribution in [2.24, 2.45) is 5.73 Å². The molecule has 0 unspecified atom stereocenters. The molecule has 0 atom stereocenters. The maximum atomic E-state index is 10.6. The molecule has 3 aliphatic carbocycles. The van der Waals surface area contributed by atoms with Crippen molar-refractivity contribution in [2.45, 2.75) is 30.3 Å². The summed E-state index contributed by atoms with van der Waals surface area (Å²) in [5.41, 5.74) is 6.01. The van der Waals surface area contributed by atoms with E-state index in [1.165, 1.54) is 0 Å². The first-order valence-corrected chi connectivity index (χ1v) is 4.38. The van der Waals surface area contributed by atoms with Gasteiger partial charge in [-0.25, -0.2) is 0 Å². The topological polar surface area (TPSA) is 55.1 Å². The van der Waals surface area contributed by atoms with Crippen LogP contribution in [0.5, 0.6) is 0 Å². The van der Waals surface area contributed by atoms with E-state index < -0.39 is 0 Å². The number of carbonyl (C=O) groups is 1. The maximum Gasteiger partial charge on any atom is 0.281 e. The van der Waals surface area contributed by atoms with Crippen molar-refractivity contribution in [2.75, 3.05) is 0 Å². The zero-order chi connectivity index (χ0) is 7.41. The number of nitrogens with one attached hydrogen (secondary N) is 1. The molecule has 56 valence electrons. The third kappa shape index (κ3) is 0.780. The lowest BCUT2D eigenvalue weighted by Gasteiger charge is -2.68. The monoisotopic (exact) mass is 252 g/mol. The van der Waals surface area contributed by atoms with Gasteiger partial charge in [-0.05, 0) is 19.3 Å². The fourth-order valence-electron chi connectivity index (χ4n) is 2.21. The molecule has 0 radical (unpaired) electrons. The first-order chi connectivity index (χ1) is 4.54. The fourth-order valence-corrected chi connectivity index (χ4v) is 2.78. The summed E-state index contributed by atoms with van der Waals surface area (Å²) in [6, 6.07) is 0.